The van der Waals surface area contributed by atoms with E-state index in [1.54, 1.807) is 0 Å². The van der Waals surface area contributed by atoms with Gasteiger partial charge in [-0.25, -0.2) is 0 Å². The van der Waals surface area contributed by atoms with Gasteiger partial charge in [0.2, 0.25) is 5.91 Å². The van der Waals surface area contributed by atoms with Gasteiger partial charge in [0.15, 0.2) is 0 Å². The highest BCUT2D eigenvalue weighted by Gasteiger charge is 2.70. The van der Waals surface area contributed by atoms with E-state index < -0.39 is 5.54 Å². The summed E-state index contributed by atoms with van der Waals surface area (Å²) in [5, 5.41) is 3.14. The van der Waals surface area contributed by atoms with Crippen LogP contribution in [0.3, 0.4) is 0 Å². The summed E-state index contributed by atoms with van der Waals surface area (Å²) in [4.78, 5) is 12.8. The van der Waals surface area contributed by atoms with E-state index in [-0.39, 0.29) is 29.4 Å². The molecule has 3 atom stereocenters. The minimum atomic E-state index is -0.797. The standard InChI is InChI=1S/C16H28N2O3/c1-4-20-11-8-10(9-11)18-14(19)16(17)12-6-5-7-21-13(12)15(16,2)3/h10-13H,4-9,17H2,1-3H3,(H,18,19). The van der Waals surface area contributed by atoms with Crippen molar-refractivity contribution in [2.75, 3.05) is 13.2 Å². The number of nitrogens with one attached hydrogen (secondary N) is 1. The summed E-state index contributed by atoms with van der Waals surface area (Å²) in [6.45, 7) is 7.65. The molecule has 1 saturated heterocycles. The van der Waals surface area contributed by atoms with Crippen LogP contribution in [0.2, 0.25) is 0 Å². The lowest BCUT2D eigenvalue weighted by Gasteiger charge is -2.65. The van der Waals surface area contributed by atoms with E-state index in [9.17, 15) is 4.79 Å². The Morgan fingerprint density at radius 3 is 2.81 bits per heavy atom. The normalized spacial score (nSPS) is 44.2. The maximum Gasteiger partial charge on any atom is 0.241 e. The van der Waals surface area contributed by atoms with Gasteiger partial charge < -0.3 is 20.5 Å². The fourth-order valence-corrected chi connectivity index (χ4v) is 4.40. The Hall–Kier alpha value is -0.650. The Morgan fingerprint density at radius 1 is 1.43 bits per heavy atom. The van der Waals surface area contributed by atoms with Crippen molar-refractivity contribution in [2.24, 2.45) is 17.1 Å². The molecule has 5 nitrogen and oxygen atoms in total. The molecular formula is C16H28N2O3. The van der Waals surface area contributed by atoms with Crippen molar-refractivity contribution in [3.8, 4) is 0 Å². The van der Waals surface area contributed by atoms with Gasteiger partial charge in [0.1, 0.15) is 5.54 Å². The molecule has 0 aromatic heterocycles. The Kier molecular flexibility index (Phi) is 3.79. The molecule has 0 bridgehead atoms. The molecule has 3 unspecified atom stereocenters. The van der Waals surface area contributed by atoms with Crippen molar-refractivity contribution in [3.05, 3.63) is 0 Å². The molecule has 3 fully saturated rings. The Bertz CT molecular complexity index is 420. The predicted molar refractivity (Wildman–Crippen MR) is 79.7 cm³/mol. The molecule has 2 saturated carbocycles. The smallest absolute Gasteiger partial charge is 0.241 e. The highest BCUT2D eigenvalue weighted by Crippen LogP contribution is 2.57. The molecule has 0 spiro atoms. The van der Waals surface area contributed by atoms with Crippen LogP contribution in [0, 0.1) is 11.3 Å². The van der Waals surface area contributed by atoms with E-state index in [0.29, 0.717) is 6.10 Å². The van der Waals surface area contributed by atoms with E-state index in [0.717, 1.165) is 38.9 Å². The number of carbonyl (C=O) groups is 1. The van der Waals surface area contributed by atoms with Crippen LogP contribution in [-0.4, -0.2) is 42.9 Å². The second kappa shape index (κ2) is 5.21. The third-order valence-electron chi connectivity index (χ3n) is 5.89. The summed E-state index contributed by atoms with van der Waals surface area (Å²) in [5.41, 5.74) is 5.48. The number of hydrogen-bond acceptors (Lipinski definition) is 4. The third kappa shape index (κ3) is 2.13. The topological polar surface area (TPSA) is 73.6 Å². The van der Waals surface area contributed by atoms with E-state index in [1.807, 2.05) is 6.92 Å². The van der Waals surface area contributed by atoms with Crippen LogP contribution < -0.4 is 11.1 Å². The van der Waals surface area contributed by atoms with Gasteiger partial charge in [-0.15, -0.1) is 0 Å². The molecule has 0 aromatic rings. The van der Waals surface area contributed by atoms with Gasteiger partial charge in [-0.05, 0) is 32.6 Å². The first-order valence-corrected chi connectivity index (χ1v) is 8.24. The van der Waals surface area contributed by atoms with E-state index >= 15 is 0 Å². The monoisotopic (exact) mass is 296 g/mol. The van der Waals surface area contributed by atoms with Gasteiger partial charge >= 0.3 is 0 Å². The molecule has 3 rings (SSSR count). The van der Waals surface area contributed by atoms with Crippen molar-refractivity contribution < 1.29 is 14.3 Å². The molecule has 5 heteroatoms. The molecule has 120 valence electrons. The maximum absolute atomic E-state index is 12.8. The first-order chi connectivity index (χ1) is 9.91. The van der Waals surface area contributed by atoms with E-state index in [1.165, 1.54) is 0 Å². The van der Waals surface area contributed by atoms with E-state index in [4.69, 9.17) is 15.2 Å². The van der Waals surface area contributed by atoms with Crippen molar-refractivity contribution >= 4 is 5.91 Å². The third-order valence-corrected chi connectivity index (χ3v) is 5.89. The zero-order valence-electron chi connectivity index (χ0n) is 13.4. The Morgan fingerprint density at radius 2 is 2.14 bits per heavy atom. The molecule has 21 heavy (non-hydrogen) atoms. The van der Waals surface area contributed by atoms with E-state index in [2.05, 4.69) is 19.2 Å². The summed E-state index contributed by atoms with van der Waals surface area (Å²) in [6, 6.07) is 0.217. The van der Waals surface area contributed by atoms with Gasteiger partial charge in [-0.2, -0.15) is 0 Å². The van der Waals surface area contributed by atoms with Crippen LogP contribution in [0.4, 0.5) is 0 Å². The quantitative estimate of drug-likeness (QED) is 0.817. The zero-order valence-corrected chi connectivity index (χ0v) is 13.4. The second-order valence-corrected chi connectivity index (χ2v) is 7.35. The van der Waals surface area contributed by atoms with Crippen LogP contribution in [0.5, 0.6) is 0 Å². The number of carbonyl (C=O) groups excluding carboxylic acids is 1. The number of rotatable bonds is 4. The highest BCUT2D eigenvalue weighted by atomic mass is 16.5. The maximum atomic E-state index is 12.8. The molecule has 0 aromatic carbocycles. The van der Waals surface area contributed by atoms with Crippen LogP contribution in [0.25, 0.3) is 0 Å². The van der Waals surface area contributed by atoms with Gasteiger partial charge in [0, 0.05) is 30.6 Å². The minimum absolute atomic E-state index is 0.000742. The second-order valence-electron chi connectivity index (χ2n) is 7.35. The van der Waals surface area contributed by atoms with Crippen LogP contribution >= 0.6 is 0 Å². The van der Waals surface area contributed by atoms with Gasteiger partial charge in [-0.1, -0.05) is 13.8 Å². The lowest BCUT2D eigenvalue weighted by Crippen LogP contribution is -2.82. The molecule has 2 aliphatic carbocycles. The predicted octanol–water partition coefficient (Wildman–Crippen LogP) is 1.20. The Balaban J connectivity index is 1.61. The average Bonchev–Trinajstić information content (AvgIpc) is 2.44. The Labute approximate surface area is 126 Å². The minimum Gasteiger partial charge on any atom is -0.378 e. The van der Waals surface area contributed by atoms with Crippen LogP contribution in [0.1, 0.15) is 46.5 Å². The summed E-state index contributed by atoms with van der Waals surface area (Å²) < 4.78 is 11.4. The number of fused-ring (bicyclic) bond motifs is 1. The average molecular weight is 296 g/mol. The summed E-state index contributed by atoms with van der Waals surface area (Å²) in [5.74, 6) is 0.156. The van der Waals surface area contributed by atoms with Crippen molar-refractivity contribution in [2.45, 2.75) is 70.2 Å². The van der Waals surface area contributed by atoms with Crippen molar-refractivity contribution in [3.63, 3.8) is 0 Å². The largest absolute Gasteiger partial charge is 0.378 e. The first-order valence-electron chi connectivity index (χ1n) is 8.24. The summed E-state index contributed by atoms with van der Waals surface area (Å²) >= 11 is 0. The first kappa shape index (κ1) is 15.3. The fraction of sp³-hybridized carbons (Fsp3) is 0.938. The molecule has 1 amide bonds. The van der Waals surface area contributed by atoms with Crippen molar-refractivity contribution in [1.29, 1.82) is 0 Å². The molecular weight excluding hydrogens is 268 g/mol. The number of amides is 1. The lowest BCUT2D eigenvalue weighted by atomic mass is 9.46. The van der Waals surface area contributed by atoms with Gasteiger partial charge in [0.05, 0.1) is 12.2 Å². The van der Waals surface area contributed by atoms with Crippen molar-refractivity contribution in [1.82, 2.24) is 5.32 Å². The molecule has 1 aliphatic heterocycles. The summed E-state index contributed by atoms with van der Waals surface area (Å²) in [6.07, 6.45) is 4.22. The van der Waals surface area contributed by atoms with Gasteiger partial charge in [0.25, 0.3) is 0 Å². The summed E-state index contributed by atoms with van der Waals surface area (Å²) in [7, 11) is 0. The van der Waals surface area contributed by atoms with Gasteiger partial charge in [-0.3, -0.25) is 4.79 Å². The number of hydrogen-bond donors (Lipinski definition) is 2. The highest BCUT2D eigenvalue weighted by molar-refractivity contribution is 5.89. The zero-order chi connectivity index (χ0) is 15.3. The SMILES string of the molecule is CCOC1CC(NC(=O)C2(N)C3CCCOC3C2(C)C)C1. The fourth-order valence-electron chi connectivity index (χ4n) is 4.40. The molecule has 3 N–H and O–H groups in total. The van der Waals surface area contributed by atoms with Crippen LogP contribution in [-0.2, 0) is 14.3 Å². The van der Waals surface area contributed by atoms with Crippen LogP contribution in [0.15, 0.2) is 0 Å². The number of nitrogens with two attached hydrogens (primary N) is 1. The number of ether oxygens (including phenoxy) is 2. The molecule has 1 heterocycles. The molecule has 3 aliphatic rings. The molecule has 0 radical (unpaired) electrons. The lowest BCUT2D eigenvalue weighted by molar-refractivity contribution is -0.225.